The quantitative estimate of drug-likeness (QED) is 0.641. The predicted molar refractivity (Wildman–Crippen MR) is 112 cm³/mol. The molecule has 0 bridgehead atoms. The molecule has 1 aliphatic heterocycles. The molecule has 3 rings (SSSR count). The second kappa shape index (κ2) is 9.62. The summed E-state index contributed by atoms with van der Waals surface area (Å²) in [5, 5.41) is 6.27. The number of rotatable bonds is 7. The fourth-order valence-corrected chi connectivity index (χ4v) is 3.15. The maximum absolute atomic E-state index is 12.4. The number of fused-ring (bicyclic) bond motifs is 1. The molecular formula is C21H25ClN3O4+. The van der Waals surface area contributed by atoms with Gasteiger partial charge in [-0.25, -0.2) is 0 Å². The van der Waals surface area contributed by atoms with Crippen LogP contribution in [0, 0.1) is 6.92 Å². The van der Waals surface area contributed by atoms with Crippen molar-refractivity contribution in [3.8, 4) is 11.5 Å². The summed E-state index contributed by atoms with van der Waals surface area (Å²) >= 11 is 6.09. The standard InChI is InChI=1S/C21H24ClN3O4/c1-3-25(12-20(26)23-15-5-4-14(2)17(22)10-15)13-21(27)24-16-6-7-18-19(11-16)29-9-8-28-18/h4-7,10-11H,3,8-9,12-13H2,1-2H3,(H,23,26)(H,24,27)/p+1. The van der Waals surface area contributed by atoms with E-state index in [0.717, 1.165) is 10.5 Å². The van der Waals surface area contributed by atoms with E-state index in [-0.39, 0.29) is 24.9 Å². The number of carbonyl (C=O) groups is 2. The molecule has 1 aliphatic rings. The minimum Gasteiger partial charge on any atom is -0.486 e. The van der Waals surface area contributed by atoms with Gasteiger partial charge in [0.05, 0.1) is 6.54 Å². The molecule has 0 aliphatic carbocycles. The lowest BCUT2D eigenvalue weighted by molar-refractivity contribution is -0.881. The van der Waals surface area contributed by atoms with Crippen LogP contribution in [0.3, 0.4) is 0 Å². The lowest BCUT2D eigenvalue weighted by atomic mass is 10.2. The van der Waals surface area contributed by atoms with Crippen molar-refractivity contribution in [1.82, 2.24) is 0 Å². The van der Waals surface area contributed by atoms with Crippen LogP contribution in [-0.2, 0) is 9.59 Å². The number of ether oxygens (including phenoxy) is 2. The zero-order valence-electron chi connectivity index (χ0n) is 16.5. The lowest BCUT2D eigenvalue weighted by Crippen LogP contribution is -3.13. The Bertz CT molecular complexity index is 903. The Morgan fingerprint density at radius 3 is 2.17 bits per heavy atom. The van der Waals surface area contributed by atoms with Crippen LogP contribution in [0.15, 0.2) is 36.4 Å². The number of anilines is 2. The number of likely N-dealkylation sites (N-methyl/N-ethyl adjacent to an activating group) is 1. The molecule has 0 fully saturated rings. The first-order valence-electron chi connectivity index (χ1n) is 9.53. The van der Waals surface area contributed by atoms with E-state index in [2.05, 4.69) is 10.6 Å². The molecule has 3 N–H and O–H groups in total. The van der Waals surface area contributed by atoms with Gasteiger partial charge in [-0.3, -0.25) is 9.59 Å². The van der Waals surface area contributed by atoms with Gasteiger partial charge in [-0.05, 0) is 43.7 Å². The Morgan fingerprint density at radius 1 is 0.966 bits per heavy atom. The van der Waals surface area contributed by atoms with E-state index in [1.165, 1.54) is 0 Å². The van der Waals surface area contributed by atoms with Crippen LogP contribution in [0.1, 0.15) is 12.5 Å². The average molecular weight is 419 g/mol. The van der Waals surface area contributed by atoms with Gasteiger partial charge in [0.25, 0.3) is 11.8 Å². The lowest BCUT2D eigenvalue weighted by Gasteiger charge is -2.20. The van der Waals surface area contributed by atoms with Crippen LogP contribution in [0.4, 0.5) is 11.4 Å². The van der Waals surface area contributed by atoms with Crippen molar-refractivity contribution >= 4 is 34.8 Å². The topological polar surface area (TPSA) is 81.1 Å². The van der Waals surface area contributed by atoms with Crippen molar-refractivity contribution < 1.29 is 24.0 Å². The second-order valence-corrected chi connectivity index (χ2v) is 7.28. The number of amides is 2. The third kappa shape index (κ3) is 5.85. The SMILES string of the molecule is CC[NH+](CC(=O)Nc1ccc(C)c(Cl)c1)CC(=O)Nc1ccc2c(c1)OCCO2. The third-order valence-corrected chi connectivity index (χ3v) is 5.01. The molecule has 0 saturated heterocycles. The number of nitrogens with one attached hydrogen (secondary N) is 3. The average Bonchev–Trinajstić information content (AvgIpc) is 2.70. The van der Waals surface area contributed by atoms with Crippen LogP contribution in [-0.4, -0.2) is 44.7 Å². The number of hydrogen-bond donors (Lipinski definition) is 3. The summed E-state index contributed by atoms with van der Waals surface area (Å²) in [5.41, 5.74) is 2.22. The highest BCUT2D eigenvalue weighted by Crippen LogP contribution is 2.32. The molecular weight excluding hydrogens is 394 g/mol. The maximum atomic E-state index is 12.4. The first-order valence-corrected chi connectivity index (χ1v) is 9.91. The van der Waals surface area contributed by atoms with Crippen LogP contribution in [0.2, 0.25) is 5.02 Å². The van der Waals surface area contributed by atoms with Gasteiger partial charge in [-0.15, -0.1) is 0 Å². The summed E-state index contributed by atoms with van der Waals surface area (Å²) in [6.07, 6.45) is 0. The predicted octanol–water partition coefficient (Wildman–Crippen LogP) is 1.90. The van der Waals surface area contributed by atoms with Gasteiger partial charge in [0, 0.05) is 22.5 Å². The highest BCUT2D eigenvalue weighted by atomic mass is 35.5. The first-order chi connectivity index (χ1) is 13.9. The van der Waals surface area contributed by atoms with Gasteiger partial charge in [0.2, 0.25) is 0 Å². The van der Waals surface area contributed by atoms with Gasteiger partial charge < -0.3 is 25.0 Å². The zero-order chi connectivity index (χ0) is 20.8. The highest BCUT2D eigenvalue weighted by Gasteiger charge is 2.18. The Kier molecular flexibility index (Phi) is 6.95. The van der Waals surface area contributed by atoms with Crippen molar-refractivity contribution in [3.63, 3.8) is 0 Å². The van der Waals surface area contributed by atoms with E-state index < -0.39 is 0 Å². The van der Waals surface area contributed by atoms with Gasteiger partial charge >= 0.3 is 0 Å². The van der Waals surface area contributed by atoms with Crippen molar-refractivity contribution in [3.05, 3.63) is 47.0 Å². The zero-order valence-corrected chi connectivity index (χ0v) is 17.3. The highest BCUT2D eigenvalue weighted by molar-refractivity contribution is 6.31. The van der Waals surface area contributed by atoms with E-state index in [9.17, 15) is 9.59 Å². The van der Waals surface area contributed by atoms with Gasteiger partial charge in [0.1, 0.15) is 13.2 Å². The van der Waals surface area contributed by atoms with E-state index in [4.69, 9.17) is 21.1 Å². The molecule has 1 atom stereocenters. The number of benzene rings is 2. The molecule has 0 spiro atoms. The minimum absolute atomic E-state index is 0.172. The molecule has 1 heterocycles. The van der Waals surface area contributed by atoms with Crippen molar-refractivity contribution in [2.45, 2.75) is 13.8 Å². The first kappa shape index (κ1) is 21.0. The molecule has 2 aromatic carbocycles. The van der Waals surface area contributed by atoms with Crippen molar-refractivity contribution in [2.75, 3.05) is 43.5 Å². The summed E-state index contributed by atoms with van der Waals surface area (Å²) in [7, 11) is 0. The summed E-state index contributed by atoms with van der Waals surface area (Å²) in [6.45, 7) is 5.82. The monoisotopic (exact) mass is 418 g/mol. The molecule has 2 amide bonds. The van der Waals surface area contributed by atoms with Crippen LogP contribution < -0.4 is 25.0 Å². The summed E-state index contributed by atoms with van der Waals surface area (Å²) in [5.74, 6) is 0.937. The van der Waals surface area contributed by atoms with Crippen molar-refractivity contribution in [2.24, 2.45) is 0 Å². The molecule has 8 heteroatoms. The number of hydrogen-bond acceptors (Lipinski definition) is 4. The van der Waals surface area contributed by atoms with Crippen molar-refractivity contribution in [1.29, 1.82) is 0 Å². The summed E-state index contributed by atoms with van der Waals surface area (Å²) in [4.78, 5) is 25.6. The minimum atomic E-state index is -0.176. The second-order valence-electron chi connectivity index (χ2n) is 6.88. The van der Waals surface area contributed by atoms with E-state index in [1.54, 1.807) is 30.3 Å². The molecule has 7 nitrogen and oxygen atoms in total. The molecule has 29 heavy (non-hydrogen) atoms. The maximum Gasteiger partial charge on any atom is 0.279 e. The molecule has 1 unspecified atom stereocenters. The van der Waals surface area contributed by atoms with Crippen LogP contribution in [0.5, 0.6) is 11.5 Å². The number of quaternary nitrogens is 1. The summed E-state index contributed by atoms with van der Waals surface area (Å²) < 4.78 is 11.0. The van der Waals surface area contributed by atoms with E-state index >= 15 is 0 Å². The smallest absolute Gasteiger partial charge is 0.279 e. The van der Waals surface area contributed by atoms with Crippen LogP contribution >= 0.6 is 11.6 Å². The van der Waals surface area contributed by atoms with Crippen LogP contribution in [0.25, 0.3) is 0 Å². The van der Waals surface area contributed by atoms with E-state index in [0.29, 0.717) is 47.7 Å². The molecule has 2 aromatic rings. The summed E-state index contributed by atoms with van der Waals surface area (Å²) in [6, 6.07) is 10.7. The molecule has 0 saturated carbocycles. The normalized spacial score (nSPS) is 13.5. The molecule has 0 aromatic heterocycles. The third-order valence-electron chi connectivity index (χ3n) is 4.60. The van der Waals surface area contributed by atoms with E-state index in [1.807, 2.05) is 19.9 Å². The van der Waals surface area contributed by atoms with Gasteiger partial charge in [-0.1, -0.05) is 17.7 Å². The Labute approximate surface area is 174 Å². The largest absolute Gasteiger partial charge is 0.486 e. The Balaban J connectivity index is 1.52. The Morgan fingerprint density at radius 2 is 1.55 bits per heavy atom. The molecule has 154 valence electrons. The fourth-order valence-electron chi connectivity index (χ4n) is 2.97. The fraction of sp³-hybridized carbons (Fsp3) is 0.333. The Hall–Kier alpha value is -2.77. The number of aryl methyl sites for hydroxylation is 1. The number of halogens is 1. The number of carbonyl (C=O) groups excluding carboxylic acids is 2. The van der Waals surface area contributed by atoms with Gasteiger partial charge in [0.15, 0.2) is 24.6 Å². The van der Waals surface area contributed by atoms with Gasteiger partial charge in [-0.2, -0.15) is 0 Å². The molecule has 0 radical (unpaired) electrons.